The first kappa shape index (κ1) is 17.5. The molecule has 2 saturated heterocycles. The van der Waals surface area contributed by atoms with Gasteiger partial charge in [-0.25, -0.2) is 4.98 Å². The fourth-order valence-electron chi connectivity index (χ4n) is 3.64. The number of fused-ring (bicyclic) bond motifs is 1. The molecule has 142 valence electrons. The van der Waals surface area contributed by atoms with E-state index in [0.717, 1.165) is 50.1 Å². The number of piperidine rings is 1. The largest absolute Gasteiger partial charge is 0.453 e. The lowest BCUT2D eigenvalue weighted by Gasteiger charge is -2.35. The average molecular weight is 370 g/mol. The van der Waals surface area contributed by atoms with Crippen LogP contribution >= 0.6 is 0 Å². The zero-order chi connectivity index (χ0) is 18.3. The number of aryl methyl sites for hydroxylation is 1. The Kier molecular flexibility index (Phi) is 4.47. The van der Waals surface area contributed by atoms with Gasteiger partial charge in [0.25, 0.3) is 11.6 Å². The maximum Gasteiger partial charge on any atom is 0.453 e. The van der Waals surface area contributed by atoms with Crippen molar-refractivity contribution in [1.82, 2.24) is 24.5 Å². The maximum atomic E-state index is 12.9. The summed E-state index contributed by atoms with van der Waals surface area (Å²) < 4.78 is 45.3. The number of alkyl halides is 3. The SMILES string of the molecule is Cc1cc(NC2CCN(C3CCOC3)CC2)n2nc(C(F)(F)F)nc2n1. The van der Waals surface area contributed by atoms with E-state index < -0.39 is 12.0 Å². The van der Waals surface area contributed by atoms with E-state index in [9.17, 15) is 13.2 Å². The highest BCUT2D eigenvalue weighted by molar-refractivity contribution is 5.46. The molecule has 4 rings (SSSR count). The number of nitrogens with one attached hydrogen (secondary N) is 1. The first-order valence-electron chi connectivity index (χ1n) is 8.80. The van der Waals surface area contributed by atoms with Crippen LogP contribution in [0.3, 0.4) is 0 Å². The van der Waals surface area contributed by atoms with Gasteiger partial charge in [0.1, 0.15) is 5.82 Å². The van der Waals surface area contributed by atoms with Crippen LogP contribution in [0.5, 0.6) is 0 Å². The third-order valence-electron chi connectivity index (χ3n) is 5.00. The lowest BCUT2D eigenvalue weighted by Crippen LogP contribution is -2.45. The fourth-order valence-corrected chi connectivity index (χ4v) is 3.64. The number of anilines is 1. The third kappa shape index (κ3) is 3.48. The minimum Gasteiger partial charge on any atom is -0.380 e. The number of aromatic nitrogens is 4. The van der Waals surface area contributed by atoms with Crippen molar-refractivity contribution in [3.05, 3.63) is 17.6 Å². The Bertz CT molecular complexity index is 778. The van der Waals surface area contributed by atoms with Crippen LogP contribution in [0.25, 0.3) is 5.78 Å². The second-order valence-corrected chi connectivity index (χ2v) is 6.90. The van der Waals surface area contributed by atoms with Gasteiger partial charge in [0, 0.05) is 43.5 Å². The van der Waals surface area contributed by atoms with E-state index in [1.165, 1.54) is 0 Å². The zero-order valence-electron chi connectivity index (χ0n) is 14.5. The van der Waals surface area contributed by atoms with Crippen LogP contribution in [0.4, 0.5) is 19.0 Å². The molecule has 2 aromatic rings. The van der Waals surface area contributed by atoms with Crippen LogP contribution in [0.15, 0.2) is 6.07 Å². The molecule has 0 aliphatic carbocycles. The zero-order valence-corrected chi connectivity index (χ0v) is 14.5. The van der Waals surface area contributed by atoms with Crippen molar-refractivity contribution < 1.29 is 17.9 Å². The molecule has 0 aromatic carbocycles. The van der Waals surface area contributed by atoms with Gasteiger partial charge in [-0.05, 0) is 26.2 Å². The molecule has 1 N–H and O–H groups in total. The van der Waals surface area contributed by atoms with Gasteiger partial charge < -0.3 is 10.1 Å². The molecule has 4 heterocycles. The Labute approximate surface area is 148 Å². The highest BCUT2D eigenvalue weighted by Crippen LogP contribution is 2.28. The average Bonchev–Trinajstić information content (AvgIpc) is 3.24. The molecule has 26 heavy (non-hydrogen) atoms. The van der Waals surface area contributed by atoms with Gasteiger partial charge in [-0.15, -0.1) is 5.10 Å². The minimum absolute atomic E-state index is 0.0413. The predicted molar refractivity (Wildman–Crippen MR) is 88.0 cm³/mol. The lowest BCUT2D eigenvalue weighted by molar-refractivity contribution is -0.144. The summed E-state index contributed by atoms with van der Waals surface area (Å²) in [5, 5.41) is 6.93. The lowest BCUT2D eigenvalue weighted by atomic mass is 10.0. The molecule has 1 atom stereocenters. The first-order valence-corrected chi connectivity index (χ1v) is 8.80. The standard InChI is InChI=1S/C16H21F3N6O/c1-10-8-13(25-15(20-10)22-14(23-25)16(17,18)19)21-11-2-5-24(6-3-11)12-4-7-26-9-12/h8,11-12,21H,2-7,9H2,1H3. The van der Waals surface area contributed by atoms with Gasteiger partial charge in [0.2, 0.25) is 0 Å². The second-order valence-electron chi connectivity index (χ2n) is 6.90. The van der Waals surface area contributed by atoms with Crippen molar-refractivity contribution in [2.45, 2.75) is 44.4 Å². The molecule has 2 aromatic heterocycles. The number of likely N-dealkylation sites (tertiary alicyclic amines) is 1. The summed E-state index contributed by atoms with van der Waals surface area (Å²) in [5.74, 6) is -0.715. The van der Waals surface area contributed by atoms with E-state index in [1.807, 2.05) is 0 Å². The minimum atomic E-state index is -4.59. The van der Waals surface area contributed by atoms with Crippen molar-refractivity contribution in [2.24, 2.45) is 0 Å². The monoisotopic (exact) mass is 370 g/mol. The molecule has 7 nitrogen and oxygen atoms in total. The molecule has 1 unspecified atom stereocenters. The number of hydrogen-bond donors (Lipinski definition) is 1. The summed E-state index contributed by atoms with van der Waals surface area (Å²) in [7, 11) is 0. The first-order chi connectivity index (χ1) is 12.4. The molecule has 0 bridgehead atoms. The Morgan fingerprint density at radius 1 is 1.19 bits per heavy atom. The normalized spacial score (nSPS) is 23.0. The Hall–Kier alpha value is -1.94. The van der Waals surface area contributed by atoms with Crippen LogP contribution in [0.2, 0.25) is 0 Å². The van der Waals surface area contributed by atoms with Crippen LogP contribution in [0.1, 0.15) is 30.8 Å². The smallest absolute Gasteiger partial charge is 0.380 e. The summed E-state index contributed by atoms with van der Waals surface area (Å²) in [6, 6.07) is 2.38. The molecule has 2 aliphatic rings. The van der Waals surface area contributed by atoms with E-state index in [4.69, 9.17) is 4.74 Å². The molecule has 0 amide bonds. The number of rotatable bonds is 3. The van der Waals surface area contributed by atoms with Gasteiger partial charge >= 0.3 is 6.18 Å². The number of hydrogen-bond acceptors (Lipinski definition) is 6. The number of ether oxygens (including phenoxy) is 1. The van der Waals surface area contributed by atoms with Crippen molar-refractivity contribution in [1.29, 1.82) is 0 Å². The summed E-state index contributed by atoms with van der Waals surface area (Å²) in [5.41, 5.74) is 0.599. The molecular formula is C16H21F3N6O. The number of nitrogens with zero attached hydrogens (tertiary/aromatic N) is 5. The van der Waals surface area contributed by atoms with Crippen molar-refractivity contribution in [3.8, 4) is 0 Å². The molecule has 10 heteroatoms. The van der Waals surface area contributed by atoms with Crippen LogP contribution in [0, 0.1) is 6.92 Å². The molecule has 2 fully saturated rings. The van der Waals surface area contributed by atoms with Gasteiger partial charge in [-0.1, -0.05) is 0 Å². The quantitative estimate of drug-likeness (QED) is 0.893. The molecule has 2 aliphatic heterocycles. The van der Waals surface area contributed by atoms with Gasteiger partial charge in [-0.2, -0.15) is 22.7 Å². The Morgan fingerprint density at radius 3 is 2.62 bits per heavy atom. The predicted octanol–water partition coefficient (Wildman–Crippen LogP) is 2.12. The van der Waals surface area contributed by atoms with Gasteiger partial charge in [0.15, 0.2) is 0 Å². The van der Waals surface area contributed by atoms with E-state index in [1.54, 1.807) is 13.0 Å². The Morgan fingerprint density at radius 2 is 1.96 bits per heavy atom. The highest BCUT2D eigenvalue weighted by Gasteiger charge is 2.37. The fraction of sp³-hybridized carbons (Fsp3) is 0.688. The third-order valence-corrected chi connectivity index (χ3v) is 5.00. The molecular weight excluding hydrogens is 349 g/mol. The summed E-state index contributed by atoms with van der Waals surface area (Å²) in [6.45, 7) is 5.25. The van der Waals surface area contributed by atoms with E-state index in [-0.39, 0.29) is 11.8 Å². The molecule has 0 spiro atoms. The maximum absolute atomic E-state index is 12.9. The topological polar surface area (TPSA) is 67.6 Å². The summed E-state index contributed by atoms with van der Waals surface area (Å²) in [4.78, 5) is 10.0. The van der Waals surface area contributed by atoms with Crippen LogP contribution < -0.4 is 5.32 Å². The summed E-state index contributed by atoms with van der Waals surface area (Å²) >= 11 is 0. The molecule has 0 radical (unpaired) electrons. The van der Waals surface area contributed by atoms with E-state index >= 15 is 0 Å². The van der Waals surface area contributed by atoms with E-state index in [2.05, 4.69) is 25.3 Å². The second kappa shape index (κ2) is 6.66. The van der Waals surface area contributed by atoms with Gasteiger partial charge in [0.05, 0.1) is 6.61 Å². The summed E-state index contributed by atoms with van der Waals surface area (Å²) in [6.07, 6.45) is -1.69. The highest BCUT2D eigenvalue weighted by atomic mass is 19.4. The Balaban J connectivity index is 1.49. The van der Waals surface area contributed by atoms with Crippen LogP contribution in [-0.2, 0) is 10.9 Å². The van der Waals surface area contributed by atoms with Crippen LogP contribution in [-0.4, -0.2) is 62.9 Å². The van der Waals surface area contributed by atoms with Crippen molar-refractivity contribution >= 4 is 11.6 Å². The van der Waals surface area contributed by atoms with Gasteiger partial charge in [-0.3, -0.25) is 4.90 Å². The molecule has 0 saturated carbocycles. The number of halogens is 3. The van der Waals surface area contributed by atoms with E-state index in [0.29, 0.717) is 17.6 Å². The van der Waals surface area contributed by atoms with Crippen molar-refractivity contribution in [3.63, 3.8) is 0 Å². The van der Waals surface area contributed by atoms with Crippen molar-refractivity contribution in [2.75, 3.05) is 31.6 Å².